The lowest BCUT2D eigenvalue weighted by atomic mass is 10.1. The van der Waals surface area contributed by atoms with Crippen LogP contribution < -0.4 is 4.90 Å². The molecule has 0 radical (unpaired) electrons. The number of hydrogen-bond donors (Lipinski definition) is 1. The van der Waals surface area contributed by atoms with Gasteiger partial charge in [-0.3, -0.25) is 0 Å². The highest BCUT2D eigenvalue weighted by Gasteiger charge is 2.39. The van der Waals surface area contributed by atoms with Crippen molar-refractivity contribution in [2.24, 2.45) is 0 Å². The molecule has 1 saturated carbocycles. The number of alkyl halides is 3. The van der Waals surface area contributed by atoms with Crippen LogP contribution in [-0.2, 0) is 0 Å². The summed E-state index contributed by atoms with van der Waals surface area (Å²) >= 11 is 3.27. The van der Waals surface area contributed by atoms with Crippen LogP contribution in [0.4, 0.5) is 18.9 Å². The van der Waals surface area contributed by atoms with Crippen molar-refractivity contribution in [3.63, 3.8) is 0 Å². The maximum atomic E-state index is 12.7. The van der Waals surface area contributed by atoms with E-state index in [0.29, 0.717) is 15.7 Å². The summed E-state index contributed by atoms with van der Waals surface area (Å²) in [5.74, 6) is 0. The molecule has 2 nitrogen and oxygen atoms in total. The lowest BCUT2D eigenvalue weighted by Gasteiger charge is -2.29. The van der Waals surface area contributed by atoms with Gasteiger partial charge in [-0.05, 0) is 31.9 Å². The maximum absolute atomic E-state index is 12.7. The van der Waals surface area contributed by atoms with Gasteiger partial charge in [-0.25, -0.2) is 0 Å². The minimum Gasteiger partial charge on any atom is -0.389 e. The molecule has 1 fully saturated rings. The zero-order valence-electron chi connectivity index (χ0n) is 10.4. The van der Waals surface area contributed by atoms with E-state index in [1.165, 1.54) is 4.90 Å². The summed E-state index contributed by atoms with van der Waals surface area (Å²) in [6, 6.07) is 4.96. The summed E-state index contributed by atoms with van der Waals surface area (Å²) < 4.78 is 38.8. The number of hydrogen-bond acceptors (Lipinski definition) is 2. The first-order valence-corrected chi connectivity index (χ1v) is 6.88. The third-order valence-corrected chi connectivity index (χ3v) is 3.58. The van der Waals surface area contributed by atoms with E-state index in [1.54, 1.807) is 25.1 Å². The summed E-state index contributed by atoms with van der Waals surface area (Å²) in [5, 5.41) is 9.72. The highest BCUT2D eigenvalue weighted by atomic mass is 79.9. The molecule has 6 heteroatoms. The van der Waals surface area contributed by atoms with E-state index in [4.69, 9.17) is 0 Å². The number of anilines is 1. The Bertz CT molecular complexity index is 458. The lowest BCUT2D eigenvalue weighted by Crippen LogP contribution is -2.36. The smallest absolute Gasteiger partial charge is 0.389 e. The monoisotopic (exact) mass is 337 g/mol. The van der Waals surface area contributed by atoms with Crippen molar-refractivity contribution in [3.05, 3.63) is 28.2 Å². The first-order chi connectivity index (χ1) is 8.78. The van der Waals surface area contributed by atoms with Gasteiger partial charge in [-0.2, -0.15) is 13.2 Å². The first kappa shape index (κ1) is 14.7. The minimum atomic E-state index is -4.25. The third-order valence-electron chi connectivity index (χ3n) is 3.09. The second kappa shape index (κ2) is 5.32. The molecule has 0 aliphatic heterocycles. The Kier molecular flexibility index (Phi) is 4.11. The van der Waals surface area contributed by atoms with Gasteiger partial charge in [0, 0.05) is 21.8 Å². The van der Waals surface area contributed by atoms with Crippen LogP contribution in [0, 0.1) is 0 Å². The molecule has 0 bridgehead atoms. The third kappa shape index (κ3) is 3.86. The molecule has 0 saturated heterocycles. The molecular formula is C13H15BrF3NO. The van der Waals surface area contributed by atoms with Crippen molar-refractivity contribution in [2.45, 2.75) is 38.1 Å². The van der Waals surface area contributed by atoms with Gasteiger partial charge >= 0.3 is 6.18 Å². The van der Waals surface area contributed by atoms with Gasteiger partial charge in [0.25, 0.3) is 0 Å². The molecule has 1 aromatic carbocycles. The van der Waals surface area contributed by atoms with Crippen LogP contribution in [0.25, 0.3) is 0 Å². The molecule has 0 amide bonds. The van der Waals surface area contributed by atoms with Crippen molar-refractivity contribution >= 4 is 21.6 Å². The predicted molar refractivity (Wildman–Crippen MR) is 71.2 cm³/mol. The fourth-order valence-electron chi connectivity index (χ4n) is 2.11. The molecule has 1 unspecified atom stereocenters. The fourth-order valence-corrected chi connectivity index (χ4v) is 2.46. The molecule has 1 N–H and O–H groups in total. The average Bonchev–Trinajstić information content (AvgIpc) is 3.07. The molecule has 1 aliphatic rings. The minimum absolute atomic E-state index is 0.0755. The molecule has 19 heavy (non-hydrogen) atoms. The Balaban J connectivity index is 2.37. The second-order valence-corrected chi connectivity index (χ2v) is 5.77. The van der Waals surface area contributed by atoms with Gasteiger partial charge in [-0.15, -0.1) is 0 Å². The van der Waals surface area contributed by atoms with E-state index in [-0.39, 0.29) is 6.04 Å². The van der Waals surface area contributed by atoms with Crippen LogP contribution in [0.15, 0.2) is 22.7 Å². The van der Waals surface area contributed by atoms with E-state index >= 15 is 0 Å². The molecule has 0 spiro atoms. The van der Waals surface area contributed by atoms with Crippen LogP contribution in [0.3, 0.4) is 0 Å². The summed E-state index contributed by atoms with van der Waals surface area (Å²) in [7, 11) is 0. The summed E-state index contributed by atoms with van der Waals surface area (Å²) in [6.45, 7) is 0.583. The van der Waals surface area contributed by atoms with Gasteiger partial charge in [0.1, 0.15) is 6.54 Å². The van der Waals surface area contributed by atoms with E-state index in [9.17, 15) is 18.3 Å². The van der Waals surface area contributed by atoms with Crippen molar-refractivity contribution in [3.8, 4) is 0 Å². The molecule has 0 heterocycles. The molecule has 1 atom stereocenters. The van der Waals surface area contributed by atoms with Crippen LogP contribution in [0.1, 0.15) is 31.4 Å². The van der Waals surface area contributed by atoms with Crippen molar-refractivity contribution < 1.29 is 18.3 Å². The van der Waals surface area contributed by atoms with Crippen molar-refractivity contribution in [1.29, 1.82) is 0 Å². The summed E-state index contributed by atoms with van der Waals surface area (Å²) in [6.07, 6.45) is -3.51. The lowest BCUT2D eigenvalue weighted by molar-refractivity contribution is -0.120. The molecular weight excluding hydrogens is 323 g/mol. The van der Waals surface area contributed by atoms with Gasteiger partial charge in [0.05, 0.1) is 6.10 Å². The number of halogens is 4. The van der Waals surface area contributed by atoms with Gasteiger partial charge in [0.15, 0.2) is 0 Å². The fraction of sp³-hybridized carbons (Fsp3) is 0.538. The van der Waals surface area contributed by atoms with Crippen molar-refractivity contribution in [1.82, 2.24) is 0 Å². The zero-order chi connectivity index (χ0) is 14.2. The zero-order valence-corrected chi connectivity index (χ0v) is 12.0. The van der Waals surface area contributed by atoms with Crippen LogP contribution in [-0.4, -0.2) is 23.9 Å². The molecule has 1 aromatic rings. The maximum Gasteiger partial charge on any atom is 0.405 e. The van der Waals surface area contributed by atoms with Crippen LogP contribution >= 0.6 is 15.9 Å². The largest absolute Gasteiger partial charge is 0.405 e. The SMILES string of the molecule is CC(O)c1ccc(Br)cc1N(CC(F)(F)F)C1CC1. The Hall–Kier alpha value is -0.750. The molecule has 2 rings (SSSR count). The molecule has 0 aromatic heterocycles. The number of aliphatic hydroxyl groups excluding tert-OH is 1. The van der Waals surface area contributed by atoms with Gasteiger partial charge < -0.3 is 10.0 Å². The van der Waals surface area contributed by atoms with Gasteiger partial charge in [0.2, 0.25) is 0 Å². The Morgan fingerprint density at radius 3 is 2.53 bits per heavy atom. The second-order valence-electron chi connectivity index (χ2n) is 4.85. The normalized spacial score (nSPS) is 17.4. The predicted octanol–water partition coefficient (Wildman–Crippen LogP) is 4.03. The van der Waals surface area contributed by atoms with Gasteiger partial charge in [-0.1, -0.05) is 22.0 Å². The van der Waals surface area contributed by atoms with Crippen molar-refractivity contribution in [2.75, 3.05) is 11.4 Å². The number of nitrogens with zero attached hydrogens (tertiary/aromatic N) is 1. The standard InChI is InChI=1S/C13H15BrF3NO/c1-8(19)11-5-2-9(14)6-12(11)18(10-3-4-10)7-13(15,16)17/h2,5-6,8,10,19H,3-4,7H2,1H3. The van der Waals surface area contributed by atoms with E-state index in [1.807, 2.05) is 0 Å². The highest BCUT2D eigenvalue weighted by Crippen LogP contribution is 2.38. The van der Waals surface area contributed by atoms with Crippen LogP contribution in [0.2, 0.25) is 0 Å². The summed E-state index contributed by atoms with van der Waals surface area (Å²) in [4.78, 5) is 1.35. The Morgan fingerprint density at radius 2 is 2.05 bits per heavy atom. The number of aliphatic hydroxyl groups is 1. The average molecular weight is 338 g/mol. The highest BCUT2D eigenvalue weighted by molar-refractivity contribution is 9.10. The van der Waals surface area contributed by atoms with Crippen LogP contribution in [0.5, 0.6) is 0 Å². The molecule has 1 aliphatic carbocycles. The van der Waals surface area contributed by atoms with E-state index in [2.05, 4.69) is 15.9 Å². The number of benzene rings is 1. The Morgan fingerprint density at radius 1 is 1.42 bits per heavy atom. The molecule has 106 valence electrons. The topological polar surface area (TPSA) is 23.5 Å². The van der Waals surface area contributed by atoms with E-state index < -0.39 is 18.8 Å². The summed E-state index contributed by atoms with van der Waals surface area (Å²) in [5.41, 5.74) is 0.989. The quantitative estimate of drug-likeness (QED) is 0.896. The Labute approximate surface area is 118 Å². The first-order valence-electron chi connectivity index (χ1n) is 6.09. The van der Waals surface area contributed by atoms with E-state index in [0.717, 1.165) is 12.8 Å². The number of rotatable bonds is 4.